The number of sulfonamides is 1. The molecule has 1 atom stereocenters. The largest absolute Gasteiger partial charge is 0.354 e. The molecule has 0 aliphatic heterocycles. The molecule has 214 valence electrons. The number of nitrogens with zero attached hydrogens (tertiary/aromatic N) is 2. The average molecular weight is 582 g/mol. The van der Waals surface area contributed by atoms with E-state index in [9.17, 15) is 18.0 Å². The van der Waals surface area contributed by atoms with E-state index in [1.165, 1.54) is 16.7 Å². The van der Waals surface area contributed by atoms with Crippen LogP contribution < -0.4 is 9.62 Å². The topological polar surface area (TPSA) is 86.8 Å². The first-order valence-electron chi connectivity index (χ1n) is 13.6. The summed E-state index contributed by atoms with van der Waals surface area (Å²) >= 11 is 1.52. The number of benzene rings is 3. The van der Waals surface area contributed by atoms with Crippen LogP contribution in [0.25, 0.3) is 0 Å². The Hall–Kier alpha value is -3.30. The lowest BCUT2D eigenvalue weighted by Crippen LogP contribution is -2.52. The van der Waals surface area contributed by atoms with Crippen LogP contribution in [0.15, 0.2) is 88.7 Å². The number of hydrogen-bond donors (Lipinski definition) is 1. The van der Waals surface area contributed by atoms with Gasteiger partial charge in [-0.2, -0.15) is 0 Å². The fraction of sp³-hybridized carbons (Fsp3) is 0.355. The number of nitrogens with one attached hydrogen (secondary N) is 1. The normalized spacial score (nSPS) is 12.0. The molecular formula is C31H39N3O4S2. The van der Waals surface area contributed by atoms with Crippen LogP contribution in [-0.2, 0) is 26.2 Å². The van der Waals surface area contributed by atoms with Gasteiger partial charge in [0.05, 0.1) is 10.6 Å². The van der Waals surface area contributed by atoms with Crippen molar-refractivity contribution < 1.29 is 18.0 Å². The monoisotopic (exact) mass is 581 g/mol. The molecule has 40 heavy (non-hydrogen) atoms. The van der Waals surface area contributed by atoms with Gasteiger partial charge in [0.25, 0.3) is 10.0 Å². The van der Waals surface area contributed by atoms with Crippen LogP contribution in [0, 0.1) is 6.92 Å². The lowest BCUT2D eigenvalue weighted by Gasteiger charge is -2.33. The van der Waals surface area contributed by atoms with Gasteiger partial charge < -0.3 is 10.2 Å². The van der Waals surface area contributed by atoms with Crippen molar-refractivity contribution in [3.8, 4) is 0 Å². The van der Waals surface area contributed by atoms with Crippen LogP contribution in [0.1, 0.15) is 44.2 Å². The Bertz CT molecular complexity index is 1350. The molecule has 0 radical (unpaired) electrons. The molecule has 9 heteroatoms. The summed E-state index contributed by atoms with van der Waals surface area (Å²) in [4.78, 5) is 29.8. The van der Waals surface area contributed by atoms with E-state index in [-0.39, 0.29) is 17.3 Å². The Morgan fingerprint density at radius 1 is 0.925 bits per heavy atom. The highest BCUT2D eigenvalue weighted by molar-refractivity contribution is 7.98. The molecule has 0 spiro atoms. The quantitative estimate of drug-likeness (QED) is 0.197. The third kappa shape index (κ3) is 8.11. The van der Waals surface area contributed by atoms with E-state index in [1.807, 2.05) is 69.5 Å². The number of thioether (sulfide) groups is 1. The minimum absolute atomic E-state index is 0.0950. The van der Waals surface area contributed by atoms with Crippen LogP contribution in [-0.4, -0.2) is 50.5 Å². The third-order valence-corrected chi connectivity index (χ3v) is 9.19. The van der Waals surface area contributed by atoms with E-state index in [4.69, 9.17) is 0 Å². The molecule has 0 aromatic heterocycles. The molecule has 7 nitrogen and oxygen atoms in total. The van der Waals surface area contributed by atoms with Crippen molar-refractivity contribution in [1.29, 1.82) is 0 Å². The zero-order chi connectivity index (χ0) is 29.1. The third-order valence-electron chi connectivity index (χ3n) is 6.66. The summed E-state index contributed by atoms with van der Waals surface area (Å²) in [6.45, 7) is 6.08. The van der Waals surface area contributed by atoms with E-state index in [0.717, 1.165) is 33.2 Å². The van der Waals surface area contributed by atoms with Gasteiger partial charge in [0.1, 0.15) is 12.6 Å². The van der Waals surface area contributed by atoms with Gasteiger partial charge in [-0.15, -0.1) is 11.8 Å². The molecule has 2 amide bonds. The highest BCUT2D eigenvalue weighted by atomic mass is 32.2. The van der Waals surface area contributed by atoms with E-state index < -0.39 is 28.5 Å². The Labute approximate surface area is 243 Å². The van der Waals surface area contributed by atoms with Gasteiger partial charge in [-0.25, -0.2) is 8.42 Å². The molecule has 0 bridgehead atoms. The van der Waals surface area contributed by atoms with Gasteiger partial charge in [0.15, 0.2) is 0 Å². The molecule has 0 unspecified atom stereocenters. The van der Waals surface area contributed by atoms with Gasteiger partial charge in [0.2, 0.25) is 11.8 Å². The minimum Gasteiger partial charge on any atom is -0.354 e. The van der Waals surface area contributed by atoms with Crippen LogP contribution in [0.3, 0.4) is 0 Å². The molecule has 0 saturated heterocycles. The van der Waals surface area contributed by atoms with E-state index in [0.29, 0.717) is 18.7 Å². The van der Waals surface area contributed by atoms with Crippen molar-refractivity contribution in [3.05, 3.63) is 90.0 Å². The molecule has 3 rings (SSSR count). The van der Waals surface area contributed by atoms with Crippen molar-refractivity contribution in [3.63, 3.8) is 0 Å². The summed E-state index contributed by atoms with van der Waals surface area (Å²) < 4.78 is 29.0. The van der Waals surface area contributed by atoms with Gasteiger partial charge in [-0.1, -0.05) is 68.3 Å². The van der Waals surface area contributed by atoms with Crippen molar-refractivity contribution in [2.75, 3.05) is 23.7 Å². The van der Waals surface area contributed by atoms with Crippen molar-refractivity contribution in [1.82, 2.24) is 10.2 Å². The lowest BCUT2D eigenvalue weighted by molar-refractivity contribution is -0.140. The summed E-state index contributed by atoms with van der Waals surface area (Å²) in [5.41, 5.74) is 2.21. The lowest BCUT2D eigenvalue weighted by atomic mass is 10.1. The highest BCUT2D eigenvalue weighted by Crippen LogP contribution is 2.26. The number of carbonyl (C=O) groups excluding carboxylic acids is 2. The molecule has 1 N–H and O–H groups in total. The summed E-state index contributed by atoms with van der Waals surface area (Å²) in [6, 6.07) is 22.3. The summed E-state index contributed by atoms with van der Waals surface area (Å²) in [5, 5.41) is 2.95. The van der Waals surface area contributed by atoms with Crippen molar-refractivity contribution >= 4 is 39.3 Å². The number of rotatable bonds is 14. The summed E-state index contributed by atoms with van der Waals surface area (Å²) in [5.74, 6) is -0.691. The minimum atomic E-state index is -4.09. The maximum Gasteiger partial charge on any atom is 0.264 e. The van der Waals surface area contributed by atoms with Crippen molar-refractivity contribution in [2.45, 2.75) is 62.4 Å². The Morgan fingerprint density at radius 2 is 1.57 bits per heavy atom. The smallest absolute Gasteiger partial charge is 0.264 e. The first kappa shape index (κ1) is 31.2. The van der Waals surface area contributed by atoms with Crippen LogP contribution in [0.2, 0.25) is 0 Å². The summed E-state index contributed by atoms with van der Waals surface area (Å²) in [7, 11) is -4.09. The standard InChI is InChI=1S/C31H39N3O4S2/c1-5-7-21-32-31(36)29(6-2)33(22-25-11-9-8-10-12-25)30(35)23-34(26-15-13-24(3)14-16-26)40(37,38)28-19-17-27(39-4)18-20-28/h8-20,29H,5-7,21-23H2,1-4H3,(H,32,36)/t29-/m1/s1. The number of hydrogen-bond acceptors (Lipinski definition) is 5. The van der Waals surface area contributed by atoms with E-state index in [2.05, 4.69) is 5.32 Å². The predicted molar refractivity (Wildman–Crippen MR) is 163 cm³/mol. The first-order chi connectivity index (χ1) is 19.2. The van der Waals surface area contributed by atoms with Gasteiger partial charge in [-0.3, -0.25) is 13.9 Å². The average Bonchev–Trinajstić information content (AvgIpc) is 2.97. The first-order valence-corrected chi connectivity index (χ1v) is 16.2. The molecule has 0 fully saturated rings. The maximum atomic E-state index is 14.0. The zero-order valence-corrected chi connectivity index (χ0v) is 25.3. The Kier molecular flexibility index (Phi) is 11.6. The van der Waals surface area contributed by atoms with Crippen molar-refractivity contribution in [2.24, 2.45) is 0 Å². The van der Waals surface area contributed by atoms with Gasteiger partial charge >= 0.3 is 0 Å². The second-order valence-electron chi connectivity index (χ2n) is 9.60. The molecule has 3 aromatic carbocycles. The maximum absolute atomic E-state index is 14.0. The Balaban J connectivity index is 2.01. The summed E-state index contributed by atoms with van der Waals surface area (Å²) in [6.07, 6.45) is 4.09. The number of anilines is 1. The molecule has 0 aliphatic carbocycles. The van der Waals surface area contributed by atoms with Gasteiger partial charge in [0, 0.05) is 18.0 Å². The molecular weight excluding hydrogens is 542 g/mol. The fourth-order valence-electron chi connectivity index (χ4n) is 4.32. The van der Waals surface area contributed by atoms with E-state index >= 15 is 0 Å². The fourth-order valence-corrected chi connectivity index (χ4v) is 6.14. The molecule has 3 aromatic rings. The second kappa shape index (κ2) is 14.9. The Morgan fingerprint density at radius 3 is 2.15 bits per heavy atom. The van der Waals surface area contributed by atoms with E-state index in [1.54, 1.807) is 36.4 Å². The number of aryl methyl sites for hydroxylation is 1. The number of carbonyl (C=O) groups is 2. The van der Waals surface area contributed by atoms with Crippen LogP contribution >= 0.6 is 11.8 Å². The van der Waals surface area contributed by atoms with Gasteiger partial charge in [-0.05, 0) is 68.0 Å². The molecule has 0 aliphatic rings. The van der Waals surface area contributed by atoms with Crippen LogP contribution in [0.5, 0.6) is 0 Å². The van der Waals surface area contributed by atoms with Crippen LogP contribution in [0.4, 0.5) is 5.69 Å². The number of unbranched alkanes of at least 4 members (excludes halogenated alkanes) is 1. The highest BCUT2D eigenvalue weighted by Gasteiger charge is 2.33. The zero-order valence-electron chi connectivity index (χ0n) is 23.7. The molecule has 0 saturated carbocycles. The SMILES string of the molecule is CCCCNC(=O)[C@@H](CC)N(Cc1ccccc1)C(=O)CN(c1ccc(C)cc1)S(=O)(=O)c1ccc(SC)cc1. The number of amides is 2. The predicted octanol–water partition coefficient (Wildman–Crippen LogP) is 5.64. The molecule has 0 heterocycles. The second-order valence-corrected chi connectivity index (χ2v) is 12.3.